The molecule has 0 saturated carbocycles. The van der Waals surface area contributed by atoms with E-state index in [4.69, 9.17) is 33.2 Å². The Balaban J connectivity index is 2.20. The minimum atomic E-state index is -1.08. The number of hydrogen-bond donors (Lipinski definition) is 1. The molecule has 1 fully saturated rings. The van der Waals surface area contributed by atoms with Crippen molar-refractivity contribution < 1.29 is 38.3 Å². The van der Waals surface area contributed by atoms with Gasteiger partial charge in [-0.2, -0.15) is 0 Å². The maximum Gasteiger partial charge on any atom is 0.203 e. The minimum absolute atomic E-state index is 0.336. The van der Waals surface area contributed by atoms with Crippen molar-refractivity contribution in [3.05, 3.63) is 41.0 Å². The Hall–Kier alpha value is -2.68. The van der Waals surface area contributed by atoms with Crippen LogP contribution >= 0.6 is 0 Å². The highest BCUT2D eigenvalue weighted by atomic mass is 16.7. The van der Waals surface area contributed by atoms with Crippen molar-refractivity contribution in [2.45, 2.75) is 12.4 Å². The molecular weight excluding hydrogens is 380 g/mol. The standard InChI is InChI=1S/C21H26O8/c1-23-14-7-6-12(10-15(14)24-2)18(22)17-13(21-28-8-9-29-21)11-16(25-3)19(26-4)20(17)27-5/h6-7,10-11,18,21-22H,8-9H2,1-5H3. The van der Waals surface area contributed by atoms with Crippen LogP contribution in [0.5, 0.6) is 28.7 Å². The van der Waals surface area contributed by atoms with Crippen LogP contribution in [0.2, 0.25) is 0 Å². The van der Waals surface area contributed by atoms with Crippen molar-refractivity contribution in [3.63, 3.8) is 0 Å². The number of methoxy groups -OCH3 is 5. The molecule has 0 aliphatic carbocycles. The van der Waals surface area contributed by atoms with Gasteiger partial charge in [0.05, 0.1) is 48.8 Å². The van der Waals surface area contributed by atoms with E-state index in [1.165, 1.54) is 28.4 Å². The van der Waals surface area contributed by atoms with E-state index >= 15 is 0 Å². The van der Waals surface area contributed by atoms with Crippen LogP contribution in [0.1, 0.15) is 29.1 Å². The molecule has 3 rings (SSSR count). The number of ether oxygens (including phenoxy) is 7. The number of rotatable bonds is 8. The molecule has 0 bridgehead atoms. The van der Waals surface area contributed by atoms with E-state index in [0.29, 0.717) is 58.7 Å². The maximum atomic E-state index is 11.3. The first-order chi connectivity index (χ1) is 14.1. The molecule has 1 aliphatic heterocycles. The third kappa shape index (κ3) is 3.91. The summed E-state index contributed by atoms with van der Waals surface area (Å²) in [6, 6.07) is 6.92. The summed E-state index contributed by atoms with van der Waals surface area (Å²) in [6.45, 7) is 0.903. The van der Waals surface area contributed by atoms with Gasteiger partial charge in [-0.15, -0.1) is 0 Å². The zero-order valence-corrected chi connectivity index (χ0v) is 17.2. The van der Waals surface area contributed by atoms with Gasteiger partial charge in [-0.25, -0.2) is 0 Å². The Morgan fingerprint density at radius 2 is 1.41 bits per heavy atom. The lowest BCUT2D eigenvalue weighted by molar-refractivity contribution is -0.0460. The summed E-state index contributed by atoms with van der Waals surface area (Å²) in [5.41, 5.74) is 1.64. The number of aliphatic hydroxyl groups excluding tert-OH is 1. The Labute approximate surface area is 169 Å². The van der Waals surface area contributed by atoms with Crippen LogP contribution in [0.4, 0.5) is 0 Å². The Kier molecular flexibility index (Phi) is 6.68. The molecule has 1 heterocycles. The van der Waals surface area contributed by atoms with Gasteiger partial charge in [0.1, 0.15) is 6.10 Å². The summed E-state index contributed by atoms with van der Waals surface area (Å²) in [4.78, 5) is 0. The van der Waals surface area contributed by atoms with Crippen molar-refractivity contribution in [3.8, 4) is 28.7 Å². The molecule has 1 aliphatic rings. The first-order valence-electron chi connectivity index (χ1n) is 9.05. The molecule has 8 nitrogen and oxygen atoms in total. The molecule has 1 saturated heterocycles. The highest BCUT2D eigenvalue weighted by Gasteiger charge is 2.32. The average molecular weight is 406 g/mol. The van der Waals surface area contributed by atoms with Crippen molar-refractivity contribution >= 4 is 0 Å². The van der Waals surface area contributed by atoms with E-state index in [1.807, 2.05) is 0 Å². The SMILES string of the molecule is COc1ccc(C(O)c2c(C3OCCO3)cc(OC)c(OC)c2OC)cc1OC. The highest BCUT2D eigenvalue weighted by Crippen LogP contribution is 2.49. The van der Waals surface area contributed by atoms with E-state index < -0.39 is 12.4 Å². The minimum Gasteiger partial charge on any atom is -0.493 e. The van der Waals surface area contributed by atoms with Crippen molar-refractivity contribution in [2.24, 2.45) is 0 Å². The molecule has 0 spiro atoms. The lowest BCUT2D eigenvalue weighted by Crippen LogP contribution is -2.12. The summed E-state index contributed by atoms with van der Waals surface area (Å²) in [5.74, 6) is 2.21. The summed E-state index contributed by atoms with van der Waals surface area (Å²) in [6.07, 6.45) is -1.74. The molecular formula is C21H26O8. The molecule has 8 heteroatoms. The first kappa shape index (κ1) is 21.0. The van der Waals surface area contributed by atoms with Gasteiger partial charge >= 0.3 is 0 Å². The molecule has 1 atom stereocenters. The highest BCUT2D eigenvalue weighted by molar-refractivity contribution is 5.62. The van der Waals surface area contributed by atoms with Gasteiger partial charge in [0.15, 0.2) is 29.3 Å². The van der Waals surface area contributed by atoms with Gasteiger partial charge in [-0.05, 0) is 23.8 Å². The van der Waals surface area contributed by atoms with Crippen molar-refractivity contribution in [1.82, 2.24) is 0 Å². The van der Waals surface area contributed by atoms with Gasteiger partial charge in [0.25, 0.3) is 0 Å². The van der Waals surface area contributed by atoms with Gasteiger partial charge in [0.2, 0.25) is 5.75 Å². The van der Waals surface area contributed by atoms with Crippen LogP contribution < -0.4 is 23.7 Å². The average Bonchev–Trinajstić information content (AvgIpc) is 3.31. The predicted molar refractivity (Wildman–Crippen MR) is 104 cm³/mol. The van der Waals surface area contributed by atoms with Gasteiger partial charge in [0, 0.05) is 11.1 Å². The molecule has 0 aromatic heterocycles. The molecule has 0 amide bonds. The smallest absolute Gasteiger partial charge is 0.203 e. The molecule has 158 valence electrons. The number of aliphatic hydroxyl groups is 1. The molecule has 1 N–H and O–H groups in total. The molecule has 2 aromatic carbocycles. The largest absolute Gasteiger partial charge is 0.493 e. The maximum absolute atomic E-state index is 11.3. The predicted octanol–water partition coefficient (Wildman–Crippen LogP) is 2.86. The van der Waals surface area contributed by atoms with E-state index in [-0.39, 0.29) is 0 Å². The van der Waals surface area contributed by atoms with E-state index in [1.54, 1.807) is 31.4 Å². The van der Waals surface area contributed by atoms with Gasteiger partial charge in [-0.1, -0.05) is 6.07 Å². The Morgan fingerprint density at radius 1 is 0.793 bits per heavy atom. The van der Waals surface area contributed by atoms with Crippen LogP contribution in [0.15, 0.2) is 24.3 Å². The summed E-state index contributed by atoms with van der Waals surface area (Å²) >= 11 is 0. The van der Waals surface area contributed by atoms with E-state index in [9.17, 15) is 5.11 Å². The third-order valence-electron chi connectivity index (χ3n) is 4.77. The Bertz CT molecular complexity index is 845. The second-order valence-corrected chi connectivity index (χ2v) is 6.24. The third-order valence-corrected chi connectivity index (χ3v) is 4.77. The zero-order chi connectivity index (χ0) is 21.0. The van der Waals surface area contributed by atoms with Crippen molar-refractivity contribution in [1.29, 1.82) is 0 Å². The van der Waals surface area contributed by atoms with E-state index in [0.717, 1.165) is 0 Å². The van der Waals surface area contributed by atoms with Crippen LogP contribution in [0.25, 0.3) is 0 Å². The zero-order valence-electron chi connectivity index (χ0n) is 17.2. The van der Waals surface area contributed by atoms with Crippen LogP contribution in [0.3, 0.4) is 0 Å². The Morgan fingerprint density at radius 3 is 1.97 bits per heavy atom. The normalized spacial score (nSPS) is 15.1. The quantitative estimate of drug-likeness (QED) is 0.716. The summed E-state index contributed by atoms with van der Waals surface area (Å²) in [7, 11) is 7.63. The lowest BCUT2D eigenvalue weighted by atomic mass is 9.94. The second kappa shape index (κ2) is 9.21. The number of benzene rings is 2. The topological polar surface area (TPSA) is 84.8 Å². The monoisotopic (exact) mass is 406 g/mol. The van der Waals surface area contributed by atoms with Gasteiger partial charge in [-0.3, -0.25) is 0 Å². The van der Waals surface area contributed by atoms with Crippen LogP contribution in [-0.4, -0.2) is 53.9 Å². The fourth-order valence-corrected chi connectivity index (χ4v) is 3.40. The van der Waals surface area contributed by atoms with Crippen molar-refractivity contribution in [2.75, 3.05) is 48.8 Å². The molecule has 0 radical (unpaired) electrons. The van der Waals surface area contributed by atoms with Crippen LogP contribution in [-0.2, 0) is 9.47 Å². The summed E-state index contributed by atoms with van der Waals surface area (Å²) in [5, 5.41) is 11.3. The first-order valence-corrected chi connectivity index (χ1v) is 9.05. The van der Waals surface area contributed by atoms with Crippen LogP contribution in [0, 0.1) is 0 Å². The second-order valence-electron chi connectivity index (χ2n) is 6.24. The summed E-state index contributed by atoms with van der Waals surface area (Å²) < 4.78 is 38.6. The number of hydrogen-bond acceptors (Lipinski definition) is 8. The fraction of sp³-hybridized carbons (Fsp3) is 0.429. The van der Waals surface area contributed by atoms with E-state index in [2.05, 4.69) is 0 Å². The van der Waals surface area contributed by atoms with Gasteiger partial charge < -0.3 is 38.3 Å². The molecule has 1 unspecified atom stereocenters. The molecule has 2 aromatic rings. The molecule has 29 heavy (non-hydrogen) atoms. The fourth-order valence-electron chi connectivity index (χ4n) is 3.40. The lowest BCUT2D eigenvalue weighted by Gasteiger charge is -2.25.